The highest BCUT2D eigenvalue weighted by Gasteiger charge is 2.13. The number of ether oxygens (including phenoxy) is 1. The smallest absolute Gasteiger partial charge is 0.272 e. The van der Waals surface area contributed by atoms with E-state index in [1.54, 1.807) is 6.07 Å². The second-order valence-corrected chi connectivity index (χ2v) is 5.67. The molecule has 2 heterocycles. The molecule has 6 nitrogen and oxygen atoms in total. The lowest BCUT2D eigenvalue weighted by Gasteiger charge is -2.10. The highest BCUT2D eigenvalue weighted by atomic mass is 16.5. The summed E-state index contributed by atoms with van der Waals surface area (Å²) in [6.45, 7) is 5.44. The van der Waals surface area contributed by atoms with E-state index in [1.165, 1.54) is 0 Å². The standard InChI is InChI=1S/C19H21N3O3/c1-3-24-12-15-7-5-4-6-14(15)11-20-19(23)17-10-16(21-22-17)18-9-8-13(2)25-18/h4-10H,3,11-12H2,1-2H3,(H,20,23)(H,21,22). The van der Waals surface area contributed by atoms with E-state index in [1.807, 2.05) is 50.2 Å². The number of carbonyl (C=O) groups excluding carboxylic acids is 1. The van der Waals surface area contributed by atoms with Crippen LogP contribution in [-0.2, 0) is 17.9 Å². The lowest BCUT2D eigenvalue weighted by molar-refractivity contribution is 0.0944. The van der Waals surface area contributed by atoms with Crippen molar-refractivity contribution in [2.24, 2.45) is 0 Å². The van der Waals surface area contributed by atoms with Crippen molar-refractivity contribution in [1.82, 2.24) is 15.5 Å². The Morgan fingerprint density at radius 1 is 1.24 bits per heavy atom. The van der Waals surface area contributed by atoms with Gasteiger partial charge in [0.1, 0.15) is 11.5 Å². The summed E-state index contributed by atoms with van der Waals surface area (Å²) in [5, 5.41) is 9.79. The van der Waals surface area contributed by atoms with E-state index in [-0.39, 0.29) is 5.91 Å². The van der Waals surface area contributed by atoms with Crippen LogP contribution in [0.1, 0.15) is 34.3 Å². The van der Waals surface area contributed by atoms with E-state index in [0.29, 0.717) is 36.9 Å². The van der Waals surface area contributed by atoms with E-state index >= 15 is 0 Å². The molecule has 0 aliphatic rings. The fourth-order valence-electron chi connectivity index (χ4n) is 2.49. The Hall–Kier alpha value is -2.86. The molecule has 2 aromatic heterocycles. The fraction of sp³-hybridized carbons (Fsp3) is 0.263. The quantitative estimate of drug-likeness (QED) is 0.691. The molecule has 0 bridgehead atoms. The SMILES string of the molecule is CCOCc1ccccc1CNC(=O)c1cc(-c2ccc(C)o2)[nH]n1. The first kappa shape index (κ1) is 17.0. The molecule has 3 rings (SSSR count). The van der Waals surface area contributed by atoms with Gasteiger partial charge in [-0.05, 0) is 37.1 Å². The van der Waals surface area contributed by atoms with Gasteiger partial charge in [0, 0.05) is 19.2 Å². The van der Waals surface area contributed by atoms with Crippen LogP contribution in [0, 0.1) is 6.92 Å². The Labute approximate surface area is 146 Å². The van der Waals surface area contributed by atoms with Crippen LogP contribution in [0.15, 0.2) is 46.9 Å². The third-order valence-electron chi connectivity index (χ3n) is 3.84. The second-order valence-electron chi connectivity index (χ2n) is 5.67. The van der Waals surface area contributed by atoms with Crippen molar-refractivity contribution < 1.29 is 13.9 Å². The minimum atomic E-state index is -0.239. The Bertz CT molecular complexity index is 851. The largest absolute Gasteiger partial charge is 0.460 e. The molecule has 0 unspecified atom stereocenters. The molecule has 1 amide bonds. The zero-order valence-corrected chi connectivity index (χ0v) is 14.3. The molecule has 1 aromatic carbocycles. The van der Waals surface area contributed by atoms with Gasteiger partial charge in [-0.25, -0.2) is 0 Å². The average Bonchev–Trinajstić information content (AvgIpc) is 3.27. The summed E-state index contributed by atoms with van der Waals surface area (Å²) in [5.41, 5.74) is 3.10. The van der Waals surface area contributed by atoms with Crippen LogP contribution in [0.3, 0.4) is 0 Å². The molecule has 25 heavy (non-hydrogen) atoms. The molecule has 0 saturated carbocycles. The zero-order valence-electron chi connectivity index (χ0n) is 14.3. The van der Waals surface area contributed by atoms with Gasteiger partial charge in [-0.2, -0.15) is 5.10 Å². The number of nitrogens with zero attached hydrogens (tertiary/aromatic N) is 1. The van der Waals surface area contributed by atoms with Gasteiger partial charge in [0.2, 0.25) is 0 Å². The molecule has 0 fully saturated rings. The van der Waals surface area contributed by atoms with Crippen molar-refractivity contribution in [2.75, 3.05) is 6.61 Å². The average molecular weight is 339 g/mol. The summed E-state index contributed by atoms with van der Waals surface area (Å²) in [5.74, 6) is 1.23. The van der Waals surface area contributed by atoms with E-state index < -0.39 is 0 Å². The summed E-state index contributed by atoms with van der Waals surface area (Å²) in [6, 6.07) is 13.3. The number of hydrogen-bond donors (Lipinski definition) is 2. The highest BCUT2D eigenvalue weighted by molar-refractivity contribution is 5.93. The lowest BCUT2D eigenvalue weighted by Crippen LogP contribution is -2.23. The number of carbonyl (C=O) groups is 1. The fourth-order valence-corrected chi connectivity index (χ4v) is 2.49. The zero-order chi connectivity index (χ0) is 17.6. The van der Waals surface area contributed by atoms with Crippen LogP contribution < -0.4 is 5.32 Å². The number of amides is 1. The minimum Gasteiger partial charge on any atom is -0.460 e. The molecule has 0 saturated heterocycles. The minimum absolute atomic E-state index is 0.239. The van der Waals surface area contributed by atoms with Crippen molar-refractivity contribution in [1.29, 1.82) is 0 Å². The van der Waals surface area contributed by atoms with Gasteiger partial charge in [0.15, 0.2) is 11.5 Å². The third-order valence-corrected chi connectivity index (χ3v) is 3.84. The topological polar surface area (TPSA) is 80.1 Å². The lowest BCUT2D eigenvalue weighted by atomic mass is 10.1. The van der Waals surface area contributed by atoms with Crippen LogP contribution in [0.25, 0.3) is 11.5 Å². The Balaban J connectivity index is 1.64. The van der Waals surface area contributed by atoms with Gasteiger partial charge in [-0.1, -0.05) is 24.3 Å². The molecule has 0 spiro atoms. The molecule has 130 valence electrons. The number of nitrogens with one attached hydrogen (secondary N) is 2. The molecule has 0 aliphatic carbocycles. The summed E-state index contributed by atoms with van der Waals surface area (Å²) in [4.78, 5) is 12.3. The van der Waals surface area contributed by atoms with E-state index in [0.717, 1.165) is 16.9 Å². The summed E-state index contributed by atoms with van der Waals surface area (Å²) in [7, 11) is 0. The first-order chi connectivity index (χ1) is 12.2. The molecule has 2 N–H and O–H groups in total. The van der Waals surface area contributed by atoms with Crippen molar-refractivity contribution in [3.8, 4) is 11.5 Å². The summed E-state index contributed by atoms with van der Waals surface area (Å²) < 4.78 is 11.0. The number of aromatic nitrogens is 2. The Kier molecular flexibility index (Phi) is 5.30. The molecule has 0 atom stereocenters. The number of aromatic amines is 1. The van der Waals surface area contributed by atoms with Crippen LogP contribution in [0.2, 0.25) is 0 Å². The number of H-pyrrole nitrogens is 1. The maximum Gasteiger partial charge on any atom is 0.272 e. The summed E-state index contributed by atoms with van der Waals surface area (Å²) >= 11 is 0. The number of benzene rings is 1. The van der Waals surface area contributed by atoms with Crippen molar-refractivity contribution in [3.05, 3.63) is 65.0 Å². The first-order valence-electron chi connectivity index (χ1n) is 8.22. The predicted molar refractivity (Wildman–Crippen MR) is 94.0 cm³/mol. The summed E-state index contributed by atoms with van der Waals surface area (Å²) in [6.07, 6.45) is 0. The number of hydrogen-bond acceptors (Lipinski definition) is 4. The van der Waals surface area contributed by atoms with Crippen LogP contribution >= 0.6 is 0 Å². The van der Waals surface area contributed by atoms with E-state index in [9.17, 15) is 4.79 Å². The van der Waals surface area contributed by atoms with Gasteiger partial charge >= 0.3 is 0 Å². The molecular weight excluding hydrogens is 318 g/mol. The van der Waals surface area contributed by atoms with Crippen molar-refractivity contribution >= 4 is 5.91 Å². The molecule has 6 heteroatoms. The van der Waals surface area contributed by atoms with Gasteiger partial charge < -0.3 is 14.5 Å². The van der Waals surface area contributed by atoms with Crippen molar-refractivity contribution in [2.45, 2.75) is 27.0 Å². The molecular formula is C19H21N3O3. The van der Waals surface area contributed by atoms with Crippen molar-refractivity contribution in [3.63, 3.8) is 0 Å². The predicted octanol–water partition coefficient (Wildman–Crippen LogP) is 3.44. The highest BCUT2D eigenvalue weighted by Crippen LogP contribution is 2.20. The maximum atomic E-state index is 12.3. The Morgan fingerprint density at radius 3 is 2.76 bits per heavy atom. The molecule has 0 aliphatic heterocycles. The second kappa shape index (κ2) is 7.81. The number of aryl methyl sites for hydroxylation is 1. The number of rotatable bonds is 7. The van der Waals surface area contributed by atoms with Crippen LogP contribution in [0.4, 0.5) is 0 Å². The van der Waals surface area contributed by atoms with E-state index in [4.69, 9.17) is 9.15 Å². The first-order valence-corrected chi connectivity index (χ1v) is 8.22. The Morgan fingerprint density at radius 2 is 2.04 bits per heavy atom. The normalized spacial score (nSPS) is 10.8. The van der Waals surface area contributed by atoms with Gasteiger partial charge in [-0.15, -0.1) is 0 Å². The van der Waals surface area contributed by atoms with Crippen LogP contribution in [0.5, 0.6) is 0 Å². The molecule has 0 radical (unpaired) electrons. The number of furan rings is 1. The van der Waals surface area contributed by atoms with Gasteiger partial charge in [0.25, 0.3) is 5.91 Å². The van der Waals surface area contributed by atoms with Crippen LogP contribution in [-0.4, -0.2) is 22.7 Å². The molecule has 3 aromatic rings. The third kappa shape index (κ3) is 4.16. The van der Waals surface area contributed by atoms with Gasteiger partial charge in [0.05, 0.1) is 6.61 Å². The van der Waals surface area contributed by atoms with E-state index in [2.05, 4.69) is 15.5 Å². The van der Waals surface area contributed by atoms with Gasteiger partial charge in [-0.3, -0.25) is 9.89 Å². The maximum absolute atomic E-state index is 12.3. The monoisotopic (exact) mass is 339 g/mol.